The Morgan fingerprint density at radius 2 is 2.22 bits per heavy atom. The van der Waals surface area contributed by atoms with Crippen LogP contribution in [0.15, 0.2) is 18.5 Å². The van der Waals surface area contributed by atoms with Gasteiger partial charge in [-0.1, -0.05) is 0 Å². The zero-order valence-electron chi connectivity index (χ0n) is 10.7. The van der Waals surface area contributed by atoms with E-state index in [-0.39, 0.29) is 11.9 Å². The van der Waals surface area contributed by atoms with Crippen LogP contribution in [-0.4, -0.2) is 17.0 Å². The molecule has 2 rings (SSSR count). The summed E-state index contributed by atoms with van der Waals surface area (Å²) in [6, 6.07) is 1.64. The molecule has 1 N–H and O–H groups in total. The van der Waals surface area contributed by atoms with Gasteiger partial charge in [0.15, 0.2) is 0 Å². The molecule has 0 amide bonds. The van der Waals surface area contributed by atoms with Crippen molar-refractivity contribution in [1.82, 2.24) is 15.3 Å². The van der Waals surface area contributed by atoms with Gasteiger partial charge in [0.2, 0.25) is 0 Å². The molecule has 2 aromatic rings. The van der Waals surface area contributed by atoms with E-state index in [9.17, 15) is 4.39 Å². The number of nitrogens with one attached hydrogen (secondary N) is 1. The number of rotatable bonds is 4. The van der Waals surface area contributed by atoms with E-state index in [0.717, 1.165) is 10.7 Å². The average molecular weight is 265 g/mol. The van der Waals surface area contributed by atoms with E-state index in [2.05, 4.69) is 22.2 Å². The second kappa shape index (κ2) is 5.54. The highest BCUT2D eigenvalue weighted by atomic mass is 32.1. The molecule has 0 spiro atoms. The molecule has 0 aliphatic heterocycles. The third kappa shape index (κ3) is 2.73. The molecule has 0 bridgehead atoms. The van der Waals surface area contributed by atoms with E-state index < -0.39 is 0 Å². The van der Waals surface area contributed by atoms with Gasteiger partial charge < -0.3 is 5.32 Å². The Kier molecular flexibility index (Phi) is 4.04. The molecule has 0 fully saturated rings. The summed E-state index contributed by atoms with van der Waals surface area (Å²) in [5.74, 6) is -0.276. The number of aryl methyl sites for hydroxylation is 2. The van der Waals surface area contributed by atoms with E-state index in [1.807, 2.05) is 14.0 Å². The lowest BCUT2D eigenvalue weighted by Crippen LogP contribution is -2.20. The summed E-state index contributed by atoms with van der Waals surface area (Å²) < 4.78 is 13.7. The lowest BCUT2D eigenvalue weighted by molar-refractivity contribution is 0.529. The predicted molar refractivity (Wildman–Crippen MR) is 71.3 cm³/mol. The smallest absolute Gasteiger partial charge is 0.146 e. The minimum atomic E-state index is -0.276. The highest BCUT2D eigenvalue weighted by Crippen LogP contribution is 2.24. The van der Waals surface area contributed by atoms with Gasteiger partial charge in [0, 0.05) is 29.1 Å². The topological polar surface area (TPSA) is 37.8 Å². The fourth-order valence-electron chi connectivity index (χ4n) is 1.84. The minimum Gasteiger partial charge on any atom is -0.313 e. The predicted octanol–water partition coefficient (Wildman–Crippen LogP) is 2.80. The Morgan fingerprint density at radius 3 is 2.78 bits per heavy atom. The van der Waals surface area contributed by atoms with Gasteiger partial charge in [-0.05, 0) is 27.0 Å². The van der Waals surface area contributed by atoms with Crippen molar-refractivity contribution in [2.45, 2.75) is 26.3 Å². The van der Waals surface area contributed by atoms with Crippen molar-refractivity contribution in [3.05, 3.63) is 45.4 Å². The molecule has 0 aliphatic carbocycles. The van der Waals surface area contributed by atoms with Gasteiger partial charge in [-0.25, -0.2) is 9.37 Å². The molecule has 18 heavy (non-hydrogen) atoms. The Balaban J connectivity index is 2.22. The Labute approximate surface area is 110 Å². The van der Waals surface area contributed by atoms with Gasteiger partial charge in [0.1, 0.15) is 5.82 Å². The lowest BCUT2D eigenvalue weighted by Gasteiger charge is -2.15. The molecule has 1 atom stereocenters. The van der Waals surface area contributed by atoms with Gasteiger partial charge >= 0.3 is 0 Å². The number of halogens is 1. The molecule has 2 aromatic heterocycles. The number of thiazole rings is 1. The van der Waals surface area contributed by atoms with E-state index >= 15 is 0 Å². The highest BCUT2D eigenvalue weighted by molar-refractivity contribution is 7.11. The zero-order valence-corrected chi connectivity index (χ0v) is 11.5. The summed E-state index contributed by atoms with van der Waals surface area (Å²) in [6.45, 7) is 4.05. The quantitative estimate of drug-likeness (QED) is 0.923. The van der Waals surface area contributed by atoms with Crippen LogP contribution in [0.3, 0.4) is 0 Å². The third-order valence-electron chi connectivity index (χ3n) is 2.98. The van der Waals surface area contributed by atoms with E-state index in [1.165, 1.54) is 11.1 Å². The summed E-state index contributed by atoms with van der Waals surface area (Å²) in [7, 11) is 1.83. The molecule has 2 heterocycles. The van der Waals surface area contributed by atoms with Crippen LogP contribution in [0.25, 0.3) is 0 Å². The second-order valence-electron chi connectivity index (χ2n) is 4.19. The monoisotopic (exact) mass is 265 g/mol. The number of nitrogens with zero attached hydrogens (tertiary/aromatic N) is 2. The molecule has 0 aromatic carbocycles. The van der Waals surface area contributed by atoms with Crippen LogP contribution in [0.5, 0.6) is 0 Å². The van der Waals surface area contributed by atoms with Gasteiger partial charge in [-0.2, -0.15) is 0 Å². The molecular weight excluding hydrogens is 249 g/mol. The molecule has 5 heteroatoms. The maximum atomic E-state index is 13.7. The van der Waals surface area contributed by atoms with Crippen molar-refractivity contribution in [1.29, 1.82) is 0 Å². The van der Waals surface area contributed by atoms with Crippen molar-refractivity contribution in [3.8, 4) is 0 Å². The first kappa shape index (κ1) is 13.1. The third-order valence-corrected chi connectivity index (χ3v) is 4.07. The van der Waals surface area contributed by atoms with Gasteiger partial charge in [-0.15, -0.1) is 11.3 Å². The number of hydrogen-bond acceptors (Lipinski definition) is 4. The Bertz CT molecular complexity index is 519. The molecule has 0 radical (unpaired) electrons. The number of hydrogen-bond donors (Lipinski definition) is 1. The van der Waals surface area contributed by atoms with Crippen LogP contribution in [0.2, 0.25) is 0 Å². The Morgan fingerprint density at radius 1 is 1.44 bits per heavy atom. The van der Waals surface area contributed by atoms with Crippen molar-refractivity contribution >= 4 is 11.3 Å². The SMILES string of the molecule is CNC(Cc1nc(C)c(C)s1)c1ccncc1F. The van der Waals surface area contributed by atoms with Crippen LogP contribution in [0.1, 0.15) is 27.2 Å². The normalized spacial score (nSPS) is 12.7. The van der Waals surface area contributed by atoms with E-state index in [4.69, 9.17) is 0 Å². The van der Waals surface area contributed by atoms with Crippen molar-refractivity contribution in [3.63, 3.8) is 0 Å². The molecule has 96 valence electrons. The van der Waals surface area contributed by atoms with Crippen LogP contribution in [0.4, 0.5) is 4.39 Å². The molecular formula is C13H16FN3S. The molecule has 0 aliphatic rings. The molecule has 0 saturated heterocycles. The molecule has 1 unspecified atom stereocenters. The van der Waals surface area contributed by atoms with Crippen LogP contribution in [-0.2, 0) is 6.42 Å². The van der Waals surface area contributed by atoms with Crippen molar-refractivity contribution in [2.75, 3.05) is 7.05 Å². The zero-order chi connectivity index (χ0) is 13.1. The summed E-state index contributed by atoms with van der Waals surface area (Å²) in [5.41, 5.74) is 1.69. The van der Waals surface area contributed by atoms with Crippen LogP contribution in [0, 0.1) is 19.7 Å². The van der Waals surface area contributed by atoms with Gasteiger partial charge in [-0.3, -0.25) is 4.98 Å². The van der Waals surface area contributed by atoms with Gasteiger partial charge in [0.05, 0.1) is 16.9 Å². The Hall–Kier alpha value is -1.33. The van der Waals surface area contributed by atoms with E-state index in [1.54, 1.807) is 23.6 Å². The number of aromatic nitrogens is 2. The highest BCUT2D eigenvalue weighted by Gasteiger charge is 2.16. The summed E-state index contributed by atoms with van der Waals surface area (Å²) in [5, 5.41) is 4.16. The summed E-state index contributed by atoms with van der Waals surface area (Å²) in [6.07, 6.45) is 3.55. The van der Waals surface area contributed by atoms with Crippen LogP contribution < -0.4 is 5.32 Å². The van der Waals surface area contributed by atoms with E-state index in [0.29, 0.717) is 12.0 Å². The summed E-state index contributed by atoms with van der Waals surface area (Å²) in [4.78, 5) is 9.48. The van der Waals surface area contributed by atoms with Crippen LogP contribution >= 0.6 is 11.3 Å². The first-order chi connectivity index (χ1) is 8.61. The fraction of sp³-hybridized carbons (Fsp3) is 0.385. The second-order valence-corrected chi connectivity index (χ2v) is 5.48. The molecule has 3 nitrogen and oxygen atoms in total. The summed E-state index contributed by atoms with van der Waals surface area (Å²) >= 11 is 1.67. The number of pyridine rings is 1. The lowest BCUT2D eigenvalue weighted by atomic mass is 10.1. The fourth-order valence-corrected chi connectivity index (χ4v) is 2.82. The maximum Gasteiger partial charge on any atom is 0.146 e. The minimum absolute atomic E-state index is 0.0713. The number of likely N-dealkylation sites (N-methyl/N-ethyl adjacent to an activating group) is 1. The average Bonchev–Trinajstić information content (AvgIpc) is 2.66. The van der Waals surface area contributed by atoms with Crippen molar-refractivity contribution in [2.24, 2.45) is 0 Å². The first-order valence-electron chi connectivity index (χ1n) is 5.81. The molecule has 0 saturated carbocycles. The largest absolute Gasteiger partial charge is 0.313 e. The maximum absolute atomic E-state index is 13.7. The van der Waals surface area contributed by atoms with Gasteiger partial charge in [0.25, 0.3) is 0 Å². The van der Waals surface area contributed by atoms with Crippen molar-refractivity contribution < 1.29 is 4.39 Å². The standard InChI is InChI=1S/C13H16FN3S/c1-8-9(2)18-13(17-8)6-12(15-3)10-4-5-16-7-11(10)14/h4-5,7,12,15H,6H2,1-3H3. The first-order valence-corrected chi connectivity index (χ1v) is 6.63.